The minimum Gasteiger partial charge on any atom is -0.310 e. The Labute approximate surface area is 426 Å². The van der Waals surface area contributed by atoms with Gasteiger partial charge in [0.2, 0.25) is 0 Å². The molecule has 0 N–H and O–H groups in total. The highest BCUT2D eigenvalue weighted by Crippen LogP contribution is 2.54. The summed E-state index contributed by atoms with van der Waals surface area (Å²) in [6.07, 6.45) is 1.81. The van der Waals surface area contributed by atoms with Crippen molar-refractivity contribution in [1.82, 2.24) is 0 Å². The van der Waals surface area contributed by atoms with E-state index in [1.165, 1.54) is 133 Å². The van der Waals surface area contributed by atoms with Crippen molar-refractivity contribution in [1.29, 1.82) is 0 Å². The predicted octanol–water partition coefficient (Wildman–Crippen LogP) is 19.2. The zero-order chi connectivity index (χ0) is 48.4. The average molecular weight is 931 g/mol. The van der Waals surface area contributed by atoms with Crippen molar-refractivity contribution in [3.63, 3.8) is 0 Å². The Morgan fingerprint density at radius 3 is 1.36 bits per heavy atom. The van der Waals surface area contributed by atoms with Gasteiger partial charge in [-0.2, -0.15) is 0 Å². The van der Waals surface area contributed by atoms with Crippen LogP contribution in [0.4, 0.5) is 34.1 Å². The van der Waals surface area contributed by atoms with Crippen molar-refractivity contribution in [3.8, 4) is 44.5 Å². The van der Waals surface area contributed by atoms with E-state index < -0.39 is 0 Å². The summed E-state index contributed by atoms with van der Waals surface area (Å²) in [6.45, 7) is 4.79. The summed E-state index contributed by atoms with van der Waals surface area (Å²) in [5, 5.41) is 7.40. The van der Waals surface area contributed by atoms with E-state index in [1.807, 2.05) is 0 Å². The minimum atomic E-state index is -0.163. The largest absolute Gasteiger partial charge is 0.310 e. The molecule has 15 rings (SSSR count). The van der Waals surface area contributed by atoms with E-state index in [2.05, 4.69) is 266 Å². The zero-order valence-corrected chi connectivity index (χ0v) is 40.9. The van der Waals surface area contributed by atoms with Crippen LogP contribution >= 0.6 is 0 Å². The zero-order valence-electron chi connectivity index (χ0n) is 40.9. The summed E-state index contributed by atoms with van der Waals surface area (Å²) in [5.74, 6) is 0. The summed E-state index contributed by atoms with van der Waals surface area (Å²) in [4.78, 5) is 5.00. The van der Waals surface area contributed by atoms with Gasteiger partial charge in [0, 0.05) is 52.4 Å². The van der Waals surface area contributed by atoms with Crippen molar-refractivity contribution in [3.05, 3.63) is 276 Å². The number of hydrogen-bond donors (Lipinski definition) is 0. The topological polar surface area (TPSA) is 6.48 Å². The van der Waals surface area contributed by atoms with E-state index in [0.29, 0.717) is 0 Å². The van der Waals surface area contributed by atoms with Gasteiger partial charge in [-0.3, -0.25) is 0 Å². The molecule has 12 aromatic rings. The second kappa shape index (κ2) is 16.0. The molecule has 2 aliphatic heterocycles. The van der Waals surface area contributed by atoms with Crippen LogP contribution in [0.5, 0.6) is 0 Å². The molecule has 3 aliphatic rings. The molecule has 73 heavy (non-hydrogen) atoms. The molecule has 0 spiro atoms. The minimum absolute atomic E-state index is 0.163. The van der Waals surface area contributed by atoms with Crippen LogP contribution in [0.2, 0.25) is 0 Å². The van der Waals surface area contributed by atoms with Crippen molar-refractivity contribution < 1.29 is 0 Å². The van der Waals surface area contributed by atoms with Crippen LogP contribution in [0.3, 0.4) is 0 Å². The lowest BCUT2D eigenvalue weighted by molar-refractivity contribution is 0.660. The third kappa shape index (κ3) is 6.36. The van der Waals surface area contributed by atoms with E-state index in [9.17, 15) is 0 Å². The molecule has 0 radical (unpaired) electrons. The van der Waals surface area contributed by atoms with E-state index in [-0.39, 0.29) is 5.41 Å². The molecule has 2 heteroatoms. The van der Waals surface area contributed by atoms with Crippen molar-refractivity contribution >= 4 is 66.4 Å². The van der Waals surface area contributed by atoms with Gasteiger partial charge in [-0.25, -0.2) is 0 Å². The van der Waals surface area contributed by atoms with Gasteiger partial charge in [-0.05, 0) is 171 Å². The quantitative estimate of drug-likeness (QED) is 0.159. The highest BCUT2D eigenvalue weighted by Gasteiger charge is 2.36. The number of para-hydroxylation sites is 4. The fourth-order valence-corrected chi connectivity index (χ4v) is 13.0. The number of nitrogens with zero attached hydrogens (tertiary/aromatic N) is 2. The van der Waals surface area contributed by atoms with Crippen LogP contribution in [-0.4, -0.2) is 0 Å². The Bertz CT molecular complexity index is 4170. The molecule has 0 atom stereocenters. The van der Waals surface area contributed by atoms with Crippen LogP contribution < -0.4 is 9.80 Å². The molecular formula is C71H50N2. The average Bonchev–Trinajstić information content (AvgIpc) is 3.67. The van der Waals surface area contributed by atoms with Crippen LogP contribution in [0.1, 0.15) is 47.2 Å². The fourth-order valence-electron chi connectivity index (χ4n) is 13.0. The Hall–Kier alpha value is -8.98. The number of hydrogen-bond acceptors (Lipinski definition) is 2. The Balaban J connectivity index is 1.06. The summed E-state index contributed by atoms with van der Waals surface area (Å²) < 4.78 is 0. The van der Waals surface area contributed by atoms with Gasteiger partial charge < -0.3 is 9.80 Å². The third-order valence-electron chi connectivity index (χ3n) is 16.4. The molecule has 2 nitrogen and oxygen atoms in total. The van der Waals surface area contributed by atoms with Gasteiger partial charge in [0.05, 0.1) is 0 Å². The first-order chi connectivity index (χ1) is 36.0. The molecule has 0 amide bonds. The number of anilines is 6. The maximum atomic E-state index is 2.52. The van der Waals surface area contributed by atoms with Crippen LogP contribution in [0.15, 0.2) is 243 Å². The van der Waals surface area contributed by atoms with E-state index in [4.69, 9.17) is 0 Å². The Morgan fingerprint density at radius 2 is 0.753 bits per heavy atom. The predicted molar refractivity (Wildman–Crippen MR) is 308 cm³/mol. The van der Waals surface area contributed by atoms with E-state index in [1.54, 1.807) is 0 Å². The molecule has 0 bridgehead atoms. The maximum Gasteiger partial charge on any atom is 0.0497 e. The second-order valence-corrected chi connectivity index (χ2v) is 20.8. The standard InChI is InChI=1S/C71H50N2/c1-71(2)63-28-10-9-26-57(63)58-36-33-52(42-64(58)71)70-60-38-35-53(72-65-29-11-4-18-47(65)40-48-19-5-12-30-66(48)72)43-61(60)69(51-24-15-23-46(39-51)56-27-16-22-45-17-3-8-25-55(45)56)59-37-34-54(44-62(59)70)73-67-31-13-6-20-49(67)41-50-21-7-14-32-68(50)73/h3-39,42-44H,40-41H2,1-2H3. The summed E-state index contributed by atoms with van der Waals surface area (Å²) in [6, 6.07) is 91.5. The highest BCUT2D eigenvalue weighted by molar-refractivity contribution is 6.23. The Kier molecular flexibility index (Phi) is 9.16. The lowest BCUT2D eigenvalue weighted by atomic mass is 9.80. The number of benzene rings is 12. The normalized spacial score (nSPS) is 13.8. The van der Waals surface area contributed by atoms with Gasteiger partial charge in [-0.15, -0.1) is 0 Å². The molecule has 0 unspecified atom stereocenters. The van der Waals surface area contributed by atoms with Crippen molar-refractivity contribution in [2.45, 2.75) is 32.1 Å². The van der Waals surface area contributed by atoms with Gasteiger partial charge in [0.25, 0.3) is 0 Å². The first-order valence-electron chi connectivity index (χ1n) is 25.7. The lowest BCUT2D eigenvalue weighted by Crippen LogP contribution is -2.18. The third-order valence-corrected chi connectivity index (χ3v) is 16.4. The summed E-state index contributed by atoms with van der Waals surface area (Å²) in [7, 11) is 0. The first-order valence-corrected chi connectivity index (χ1v) is 25.7. The van der Waals surface area contributed by atoms with Gasteiger partial charge in [0.15, 0.2) is 0 Å². The number of fused-ring (bicyclic) bond motifs is 10. The van der Waals surface area contributed by atoms with Crippen molar-refractivity contribution in [2.24, 2.45) is 0 Å². The first kappa shape index (κ1) is 41.8. The molecule has 0 saturated heterocycles. The summed E-state index contributed by atoms with van der Waals surface area (Å²) in [5.41, 5.74) is 25.1. The van der Waals surface area contributed by atoms with Crippen LogP contribution in [0, 0.1) is 0 Å². The monoisotopic (exact) mass is 930 g/mol. The molecule has 2 heterocycles. The van der Waals surface area contributed by atoms with Crippen LogP contribution in [-0.2, 0) is 18.3 Å². The van der Waals surface area contributed by atoms with E-state index in [0.717, 1.165) is 24.2 Å². The van der Waals surface area contributed by atoms with Crippen LogP contribution in [0.25, 0.3) is 76.8 Å². The SMILES string of the molecule is CC1(C)c2ccccc2-c2ccc(-c3c4ccc(N5c6ccccc6Cc6ccccc65)cc4c(-c4cccc(-c5cccc6ccccc56)c4)c4ccc(N5c6ccccc6Cc6ccccc65)cc34)cc21. The van der Waals surface area contributed by atoms with Gasteiger partial charge in [-0.1, -0.05) is 196 Å². The van der Waals surface area contributed by atoms with Gasteiger partial charge >= 0.3 is 0 Å². The van der Waals surface area contributed by atoms with Gasteiger partial charge in [0.1, 0.15) is 0 Å². The fraction of sp³-hybridized carbons (Fsp3) is 0.0704. The smallest absolute Gasteiger partial charge is 0.0497 e. The molecule has 0 fully saturated rings. The lowest BCUT2D eigenvalue weighted by Gasteiger charge is -2.34. The highest BCUT2D eigenvalue weighted by atomic mass is 15.2. The molecule has 0 aromatic heterocycles. The van der Waals surface area contributed by atoms with E-state index >= 15 is 0 Å². The summed E-state index contributed by atoms with van der Waals surface area (Å²) >= 11 is 0. The second-order valence-electron chi connectivity index (χ2n) is 20.8. The molecular weight excluding hydrogens is 881 g/mol. The molecule has 1 aliphatic carbocycles. The van der Waals surface area contributed by atoms with Crippen molar-refractivity contribution in [2.75, 3.05) is 9.80 Å². The Morgan fingerprint density at radius 1 is 0.301 bits per heavy atom. The molecule has 344 valence electrons. The number of rotatable bonds is 5. The maximum absolute atomic E-state index is 2.52. The molecule has 0 saturated carbocycles. The molecule has 12 aromatic carbocycles.